The molecule has 1 unspecified atom stereocenters. The molecule has 0 heterocycles. The van der Waals surface area contributed by atoms with Gasteiger partial charge in [0, 0.05) is 17.6 Å². The average molecular weight is 351 g/mol. The first-order chi connectivity index (χ1) is 9.85. The number of nitrogens with one attached hydrogen (secondary N) is 2. The third-order valence-electron chi connectivity index (χ3n) is 3.63. The molecule has 1 aliphatic carbocycles. The number of halogens is 2. The second-order valence-corrected chi connectivity index (χ2v) is 7.90. The number of sulfonamides is 1. The molecule has 0 amide bonds. The van der Waals surface area contributed by atoms with Crippen LogP contribution in [0.3, 0.4) is 0 Å². The maximum Gasteiger partial charge on any atom is 0.242 e. The molecule has 21 heavy (non-hydrogen) atoms. The van der Waals surface area contributed by atoms with Crippen molar-refractivity contribution in [3.63, 3.8) is 0 Å². The second-order valence-electron chi connectivity index (χ2n) is 5.40. The summed E-state index contributed by atoms with van der Waals surface area (Å²) in [6.07, 6.45) is 2.15. The van der Waals surface area contributed by atoms with Crippen LogP contribution in [0.1, 0.15) is 32.3 Å². The largest absolute Gasteiger partial charge is 0.313 e. The molecule has 2 N–H and O–H groups in total. The molecule has 1 aromatic rings. The van der Waals surface area contributed by atoms with Crippen molar-refractivity contribution in [2.24, 2.45) is 5.92 Å². The zero-order valence-corrected chi connectivity index (χ0v) is 14.4. The lowest BCUT2D eigenvalue weighted by Crippen LogP contribution is -2.34. The summed E-state index contributed by atoms with van der Waals surface area (Å²) in [4.78, 5) is 0.0916. The number of hydrogen-bond donors (Lipinski definition) is 2. The molecule has 4 nitrogen and oxygen atoms in total. The Morgan fingerprint density at radius 3 is 2.52 bits per heavy atom. The monoisotopic (exact) mass is 350 g/mol. The lowest BCUT2D eigenvalue weighted by Gasteiger charge is -2.16. The SMILES string of the molecule is CCNCc1cc(S(=O)(=O)NC(C)C2CC2)c(Cl)cc1Cl. The quantitative estimate of drug-likeness (QED) is 0.793. The minimum Gasteiger partial charge on any atom is -0.313 e. The molecule has 1 aliphatic rings. The van der Waals surface area contributed by atoms with Crippen LogP contribution in [0, 0.1) is 5.92 Å². The van der Waals surface area contributed by atoms with Crippen LogP contribution in [0.5, 0.6) is 0 Å². The second kappa shape index (κ2) is 6.84. The Kier molecular flexibility index (Phi) is 5.54. The molecule has 0 radical (unpaired) electrons. The van der Waals surface area contributed by atoms with Crippen molar-refractivity contribution in [3.8, 4) is 0 Å². The lowest BCUT2D eigenvalue weighted by molar-refractivity contribution is 0.538. The topological polar surface area (TPSA) is 58.2 Å². The maximum absolute atomic E-state index is 12.5. The molecule has 2 rings (SSSR count). The Morgan fingerprint density at radius 2 is 1.95 bits per heavy atom. The molecule has 0 saturated heterocycles. The molecule has 1 fully saturated rings. The molecule has 0 aromatic heterocycles. The summed E-state index contributed by atoms with van der Waals surface area (Å²) in [5.74, 6) is 0.437. The molecule has 0 bridgehead atoms. The summed E-state index contributed by atoms with van der Waals surface area (Å²) in [6.45, 7) is 5.14. The Hall–Kier alpha value is -0.330. The van der Waals surface area contributed by atoms with Crippen LogP contribution in [0.2, 0.25) is 10.0 Å². The van der Waals surface area contributed by atoms with Gasteiger partial charge in [-0.3, -0.25) is 0 Å². The van der Waals surface area contributed by atoms with Gasteiger partial charge in [-0.1, -0.05) is 30.1 Å². The first kappa shape index (κ1) is 17.0. The fraction of sp³-hybridized carbons (Fsp3) is 0.571. The summed E-state index contributed by atoms with van der Waals surface area (Å²) in [5.41, 5.74) is 0.724. The predicted molar refractivity (Wildman–Crippen MR) is 86.4 cm³/mol. The molecule has 0 spiro atoms. The first-order valence-electron chi connectivity index (χ1n) is 7.06. The van der Waals surface area contributed by atoms with E-state index in [-0.39, 0.29) is 16.0 Å². The van der Waals surface area contributed by atoms with E-state index < -0.39 is 10.0 Å². The average Bonchev–Trinajstić information content (AvgIpc) is 3.21. The van der Waals surface area contributed by atoms with Gasteiger partial charge < -0.3 is 5.32 Å². The Morgan fingerprint density at radius 1 is 1.29 bits per heavy atom. The van der Waals surface area contributed by atoms with E-state index in [2.05, 4.69) is 10.0 Å². The Bertz CT molecular complexity index is 616. The summed E-state index contributed by atoms with van der Waals surface area (Å²) in [5, 5.41) is 3.75. The van der Waals surface area contributed by atoms with E-state index in [1.807, 2.05) is 13.8 Å². The third kappa shape index (κ3) is 4.33. The summed E-state index contributed by atoms with van der Waals surface area (Å²) in [6, 6.07) is 2.97. The van der Waals surface area contributed by atoms with Crippen molar-refractivity contribution in [2.45, 2.75) is 44.2 Å². The van der Waals surface area contributed by atoms with E-state index in [0.29, 0.717) is 17.5 Å². The van der Waals surface area contributed by atoms with Gasteiger partial charge in [0.05, 0.1) is 5.02 Å². The van der Waals surface area contributed by atoms with Gasteiger partial charge in [-0.05, 0) is 49.9 Å². The van der Waals surface area contributed by atoms with Crippen LogP contribution < -0.4 is 10.0 Å². The zero-order valence-electron chi connectivity index (χ0n) is 12.1. The highest BCUT2D eigenvalue weighted by Gasteiger charge is 2.32. The molecule has 1 aromatic carbocycles. The summed E-state index contributed by atoms with van der Waals surface area (Å²) < 4.78 is 27.7. The van der Waals surface area contributed by atoms with Gasteiger partial charge in [0.2, 0.25) is 10.0 Å². The van der Waals surface area contributed by atoms with Gasteiger partial charge in [0.25, 0.3) is 0 Å². The van der Waals surface area contributed by atoms with Crippen molar-refractivity contribution >= 4 is 33.2 Å². The minimum absolute atomic E-state index is 0.0704. The van der Waals surface area contributed by atoms with Crippen LogP contribution in [-0.4, -0.2) is 21.0 Å². The van der Waals surface area contributed by atoms with Gasteiger partial charge in [-0.15, -0.1) is 0 Å². The normalized spacial score (nSPS) is 17.0. The molecule has 0 aliphatic heterocycles. The summed E-state index contributed by atoms with van der Waals surface area (Å²) >= 11 is 12.2. The smallest absolute Gasteiger partial charge is 0.242 e. The fourth-order valence-electron chi connectivity index (χ4n) is 2.17. The zero-order chi connectivity index (χ0) is 15.6. The number of benzene rings is 1. The standard InChI is InChI=1S/C14H20Cl2N2O2S/c1-3-17-8-11-6-14(13(16)7-12(11)15)21(19,20)18-9(2)10-4-5-10/h6-7,9-10,17-18H,3-5,8H2,1-2H3. The molecule has 7 heteroatoms. The first-order valence-corrected chi connectivity index (χ1v) is 9.30. The van der Waals surface area contributed by atoms with Gasteiger partial charge in [-0.2, -0.15) is 0 Å². The van der Waals surface area contributed by atoms with E-state index in [4.69, 9.17) is 23.2 Å². The number of rotatable bonds is 7. The van der Waals surface area contributed by atoms with Crippen LogP contribution in [0.4, 0.5) is 0 Å². The van der Waals surface area contributed by atoms with E-state index in [9.17, 15) is 8.42 Å². The highest BCUT2D eigenvalue weighted by Crippen LogP contribution is 2.34. The highest BCUT2D eigenvalue weighted by atomic mass is 35.5. The highest BCUT2D eigenvalue weighted by molar-refractivity contribution is 7.89. The van der Waals surface area contributed by atoms with E-state index >= 15 is 0 Å². The van der Waals surface area contributed by atoms with Crippen molar-refractivity contribution in [3.05, 3.63) is 27.7 Å². The van der Waals surface area contributed by atoms with Gasteiger partial charge in [-0.25, -0.2) is 13.1 Å². The van der Waals surface area contributed by atoms with E-state index in [1.54, 1.807) is 6.07 Å². The molecular weight excluding hydrogens is 331 g/mol. The van der Waals surface area contributed by atoms with E-state index in [1.165, 1.54) is 6.07 Å². The van der Waals surface area contributed by atoms with Gasteiger partial charge >= 0.3 is 0 Å². The maximum atomic E-state index is 12.5. The number of hydrogen-bond acceptors (Lipinski definition) is 3. The Balaban J connectivity index is 2.28. The van der Waals surface area contributed by atoms with E-state index in [0.717, 1.165) is 24.9 Å². The molecule has 1 saturated carbocycles. The van der Waals surface area contributed by atoms with Crippen molar-refractivity contribution in [1.82, 2.24) is 10.0 Å². The van der Waals surface area contributed by atoms with Crippen molar-refractivity contribution < 1.29 is 8.42 Å². The predicted octanol–water partition coefficient (Wildman–Crippen LogP) is 3.18. The summed E-state index contributed by atoms with van der Waals surface area (Å²) in [7, 11) is -3.63. The van der Waals surface area contributed by atoms with Gasteiger partial charge in [0.15, 0.2) is 0 Å². The van der Waals surface area contributed by atoms with Gasteiger partial charge in [0.1, 0.15) is 4.90 Å². The Labute approximate surface area is 136 Å². The third-order valence-corrected chi connectivity index (χ3v) is 6.00. The van der Waals surface area contributed by atoms with Crippen LogP contribution >= 0.6 is 23.2 Å². The van der Waals surface area contributed by atoms with Crippen LogP contribution in [0.15, 0.2) is 17.0 Å². The minimum atomic E-state index is -3.63. The molecule has 118 valence electrons. The van der Waals surface area contributed by atoms with Crippen molar-refractivity contribution in [2.75, 3.05) is 6.54 Å². The van der Waals surface area contributed by atoms with Crippen LogP contribution in [0.25, 0.3) is 0 Å². The van der Waals surface area contributed by atoms with Crippen LogP contribution in [-0.2, 0) is 16.6 Å². The lowest BCUT2D eigenvalue weighted by atomic mass is 10.2. The molecule has 1 atom stereocenters. The molecular formula is C14H20Cl2N2O2S. The van der Waals surface area contributed by atoms with Crippen molar-refractivity contribution in [1.29, 1.82) is 0 Å². The fourth-order valence-corrected chi connectivity index (χ4v) is 4.35.